The molecule has 0 heterocycles. The summed E-state index contributed by atoms with van der Waals surface area (Å²) in [5, 5.41) is 0. The van der Waals surface area contributed by atoms with E-state index in [0.29, 0.717) is 6.54 Å². The Hall–Kier alpha value is -2.62. The van der Waals surface area contributed by atoms with Gasteiger partial charge in [0.15, 0.2) is 0 Å². The van der Waals surface area contributed by atoms with Crippen LogP contribution in [0, 0.1) is 11.8 Å². The van der Waals surface area contributed by atoms with Crippen LogP contribution in [0.5, 0.6) is 0 Å². The molecule has 0 bridgehead atoms. The maximum absolute atomic E-state index is 13.2. The summed E-state index contributed by atoms with van der Waals surface area (Å²) >= 11 is 0. The quantitative estimate of drug-likeness (QED) is 0.702. The Morgan fingerprint density at radius 3 is 1.83 bits per heavy atom. The van der Waals surface area contributed by atoms with E-state index in [2.05, 4.69) is 26.0 Å². The van der Waals surface area contributed by atoms with E-state index in [1.165, 1.54) is 0 Å². The lowest BCUT2D eigenvalue weighted by Gasteiger charge is -2.35. The number of hydrogen-bond donors (Lipinski definition) is 0. The average molecular weight is 393 g/mol. The number of amides is 2. The molecule has 29 heavy (non-hydrogen) atoms. The first-order valence-corrected chi connectivity index (χ1v) is 10.6. The number of benzene rings is 2. The molecule has 0 saturated heterocycles. The second-order valence-corrected chi connectivity index (χ2v) is 8.33. The standard InChI is InChI=1S/C25H32N2O2/c1-19(2)27(18-20-10-6-4-7-11-20)25(29)22-16-14-21(15-17-22)24(28)26(3)23-12-8-5-9-13-23/h4-13,19,21-22H,14-18H2,1-3H3. The van der Waals surface area contributed by atoms with E-state index in [4.69, 9.17) is 0 Å². The van der Waals surface area contributed by atoms with Gasteiger partial charge in [0.05, 0.1) is 0 Å². The fraction of sp³-hybridized carbons (Fsp3) is 0.440. The van der Waals surface area contributed by atoms with Crippen molar-refractivity contribution in [3.63, 3.8) is 0 Å². The van der Waals surface area contributed by atoms with Crippen LogP contribution in [-0.4, -0.2) is 29.8 Å². The third-order valence-corrected chi connectivity index (χ3v) is 6.00. The summed E-state index contributed by atoms with van der Waals surface area (Å²) in [6, 6.07) is 20.1. The summed E-state index contributed by atoms with van der Waals surface area (Å²) in [5.41, 5.74) is 2.08. The topological polar surface area (TPSA) is 40.6 Å². The Morgan fingerprint density at radius 2 is 1.31 bits per heavy atom. The fourth-order valence-corrected chi connectivity index (χ4v) is 4.17. The molecule has 4 nitrogen and oxygen atoms in total. The van der Waals surface area contributed by atoms with Gasteiger partial charge >= 0.3 is 0 Å². The average Bonchev–Trinajstić information content (AvgIpc) is 2.77. The molecular weight excluding hydrogens is 360 g/mol. The van der Waals surface area contributed by atoms with E-state index in [1.54, 1.807) is 4.90 Å². The monoisotopic (exact) mass is 392 g/mol. The maximum atomic E-state index is 13.2. The van der Waals surface area contributed by atoms with Crippen LogP contribution < -0.4 is 4.90 Å². The van der Waals surface area contributed by atoms with Crippen LogP contribution >= 0.6 is 0 Å². The molecule has 3 rings (SSSR count). The minimum atomic E-state index is 0.00544. The van der Waals surface area contributed by atoms with Crippen LogP contribution in [0.2, 0.25) is 0 Å². The summed E-state index contributed by atoms with van der Waals surface area (Å²) in [6.45, 7) is 4.79. The third-order valence-electron chi connectivity index (χ3n) is 6.00. The van der Waals surface area contributed by atoms with E-state index in [1.807, 2.05) is 60.5 Å². The predicted octanol–water partition coefficient (Wildman–Crippen LogP) is 4.89. The molecule has 1 saturated carbocycles. The summed E-state index contributed by atoms with van der Waals surface area (Å²) < 4.78 is 0. The van der Waals surface area contributed by atoms with Crippen molar-refractivity contribution in [1.29, 1.82) is 0 Å². The van der Waals surface area contributed by atoms with Crippen molar-refractivity contribution in [1.82, 2.24) is 4.90 Å². The lowest BCUT2D eigenvalue weighted by atomic mass is 9.80. The molecule has 2 amide bonds. The van der Waals surface area contributed by atoms with Crippen molar-refractivity contribution < 1.29 is 9.59 Å². The smallest absolute Gasteiger partial charge is 0.229 e. The fourth-order valence-electron chi connectivity index (χ4n) is 4.17. The summed E-state index contributed by atoms with van der Waals surface area (Å²) in [4.78, 5) is 29.8. The zero-order valence-corrected chi connectivity index (χ0v) is 17.8. The van der Waals surface area contributed by atoms with Crippen LogP contribution in [0.4, 0.5) is 5.69 Å². The number of hydrogen-bond acceptors (Lipinski definition) is 2. The van der Waals surface area contributed by atoms with E-state index in [-0.39, 0.29) is 29.7 Å². The second-order valence-electron chi connectivity index (χ2n) is 8.33. The Morgan fingerprint density at radius 1 is 0.828 bits per heavy atom. The van der Waals surface area contributed by atoms with Crippen molar-refractivity contribution in [3.05, 3.63) is 66.2 Å². The van der Waals surface area contributed by atoms with Crippen LogP contribution in [0.1, 0.15) is 45.1 Å². The lowest BCUT2D eigenvalue weighted by molar-refractivity contribution is -0.140. The molecule has 154 valence electrons. The largest absolute Gasteiger partial charge is 0.336 e. The first kappa shape index (κ1) is 21.1. The molecular formula is C25H32N2O2. The van der Waals surface area contributed by atoms with Crippen LogP contribution in [0.3, 0.4) is 0 Å². The summed E-state index contributed by atoms with van der Waals surface area (Å²) in [6.07, 6.45) is 3.14. The Bertz CT molecular complexity index is 796. The van der Waals surface area contributed by atoms with Gasteiger partial charge in [0.2, 0.25) is 11.8 Å². The van der Waals surface area contributed by atoms with Crippen molar-refractivity contribution in [2.45, 2.75) is 52.1 Å². The molecule has 0 aromatic heterocycles. The normalized spacial score (nSPS) is 19.0. The predicted molar refractivity (Wildman–Crippen MR) is 117 cm³/mol. The van der Waals surface area contributed by atoms with Crippen LogP contribution in [-0.2, 0) is 16.1 Å². The number of rotatable bonds is 6. The van der Waals surface area contributed by atoms with E-state index >= 15 is 0 Å². The Labute approximate surface area is 174 Å². The van der Waals surface area contributed by atoms with E-state index in [9.17, 15) is 9.59 Å². The van der Waals surface area contributed by atoms with Crippen LogP contribution in [0.15, 0.2) is 60.7 Å². The number of para-hydroxylation sites is 1. The van der Waals surface area contributed by atoms with Gasteiger partial charge in [-0.3, -0.25) is 9.59 Å². The number of anilines is 1. The van der Waals surface area contributed by atoms with Gasteiger partial charge in [-0.1, -0.05) is 48.5 Å². The lowest BCUT2D eigenvalue weighted by Crippen LogP contribution is -2.42. The molecule has 1 aliphatic rings. The number of carbonyl (C=O) groups is 2. The molecule has 4 heteroatoms. The highest BCUT2D eigenvalue weighted by Crippen LogP contribution is 2.32. The Balaban J connectivity index is 1.58. The van der Waals surface area contributed by atoms with Gasteiger partial charge < -0.3 is 9.80 Å². The summed E-state index contributed by atoms with van der Waals surface area (Å²) in [5.74, 6) is 0.413. The van der Waals surface area contributed by atoms with Gasteiger partial charge in [-0.2, -0.15) is 0 Å². The highest BCUT2D eigenvalue weighted by Gasteiger charge is 2.34. The molecule has 1 aliphatic carbocycles. The highest BCUT2D eigenvalue weighted by molar-refractivity contribution is 5.94. The van der Waals surface area contributed by atoms with Crippen molar-refractivity contribution in [2.75, 3.05) is 11.9 Å². The third kappa shape index (κ3) is 5.26. The number of carbonyl (C=O) groups excluding carboxylic acids is 2. The van der Waals surface area contributed by atoms with Gasteiger partial charge in [-0.05, 0) is 57.2 Å². The van der Waals surface area contributed by atoms with Crippen molar-refractivity contribution >= 4 is 17.5 Å². The van der Waals surface area contributed by atoms with E-state index < -0.39 is 0 Å². The van der Waals surface area contributed by atoms with Gasteiger partial charge in [-0.25, -0.2) is 0 Å². The molecule has 0 N–H and O–H groups in total. The second kappa shape index (κ2) is 9.73. The van der Waals surface area contributed by atoms with Gasteiger partial charge in [0, 0.05) is 37.2 Å². The molecule has 0 atom stereocenters. The minimum absolute atomic E-state index is 0.00544. The molecule has 0 spiro atoms. The Kier molecular flexibility index (Phi) is 7.08. The minimum Gasteiger partial charge on any atom is -0.336 e. The molecule has 2 aromatic rings. The first-order chi connectivity index (χ1) is 14.0. The molecule has 0 aliphatic heterocycles. The van der Waals surface area contributed by atoms with Gasteiger partial charge in [-0.15, -0.1) is 0 Å². The SMILES string of the molecule is CC(C)N(Cc1ccccc1)C(=O)C1CCC(C(=O)N(C)c2ccccc2)CC1. The molecule has 0 unspecified atom stereocenters. The van der Waals surface area contributed by atoms with Gasteiger partial charge in [0.1, 0.15) is 0 Å². The van der Waals surface area contributed by atoms with Crippen molar-refractivity contribution in [3.8, 4) is 0 Å². The molecule has 1 fully saturated rings. The maximum Gasteiger partial charge on any atom is 0.229 e. The van der Waals surface area contributed by atoms with Gasteiger partial charge in [0.25, 0.3) is 0 Å². The first-order valence-electron chi connectivity index (χ1n) is 10.6. The zero-order valence-electron chi connectivity index (χ0n) is 17.8. The van der Waals surface area contributed by atoms with Crippen molar-refractivity contribution in [2.24, 2.45) is 11.8 Å². The molecule has 2 aromatic carbocycles. The highest BCUT2D eigenvalue weighted by atomic mass is 16.2. The zero-order chi connectivity index (χ0) is 20.8. The summed E-state index contributed by atoms with van der Waals surface area (Å²) in [7, 11) is 1.84. The van der Waals surface area contributed by atoms with Crippen LogP contribution in [0.25, 0.3) is 0 Å². The molecule has 0 radical (unpaired) electrons. The van der Waals surface area contributed by atoms with E-state index in [0.717, 1.165) is 36.9 Å². The number of nitrogens with zero attached hydrogens (tertiary/aromatic N) is 2.